The SMILES string of the molecule is CC(C)NCC(C)(O)CC1CCCN(S(C)(=O)=O)C1. The normalized spacial score (nSPS) is 25.5. The molecule has 0 bridgehead atoms. The zero-order valence-corrected chi connectivity index (χ0v) is 13.3. The topological polar surface area (TPSA) is 69.6 Å². The molecule has 5 nitrogen and oxygen atoms in total. The Bertz CT molecular complexity index is 379. The van der Waals surface area contributed by atoms with Gasteiger partial charge in [0, 0.05) is 25.7 Å². The number of aliphatic hydroxyl groups is 1. The van der Waals surface area contributed by atoms with Gasteiger partial charge in [0.05, 0.1) is 11.9 Å². The van der Waals surface area contributed by atoms with Gasteiger partial charge in [0.15, 0.2) is 0 Å². The molecule has 0 aromatic heterocycles. The molecule has 1 heterocycles. The van der Waals surface area contributed by atoms with Gasteiger partial charge in [-0.2, -0.15) is 0 Å². The summed E-state index contributed by atoms with van der Waals surface area (Å²) in [6, 6.07) is 0.338. The fourth-order valence-corrected chi connectivity index (χ4v) is 3.56. The van der Waals surface area contributed by atoms with Gasteiger partial charge in [0.1, 0.15) is 0 Å². The molecule has 0 aromatic rings. The van der Waals surface area contributed by atoms with E-state index in [1.54, 1.807) is 0 Å². The van der Waals surface area contributed by atoms with E-state index in [2.05, 4.69) is 5.32 Å². The van der Waals surface area contributed by atoms with E-state index in [1.165, 1.54) is 10.6 Å². The third kappa shape index (κ3) is 6.21. The molecule has 1 rings (SSSR count). The maximum Gasteiger partial charge on any atom is 0.211 e. The quantitative estimate of drug-likeness (QED) is 0.760. The summed E-state index contributed by atoms with van der Waals surface area (Å²) in [4.78, 5) is 0. The fourth-order valence-electron chi connectivity index (χ4n) is 2.61. The first kappa shape index (κ1) is 16.9. The van der Waals surface area contributed by atoms with Crippen molar-refractivity contribution in [2.24, 2.45) is 5.92 Å². The van der Waals surface area contributed by atoms with E-state index in [0.717, 1.165) is 12.8 Å². The summed E-state index contributed by atoms with van der Waals surface area (Å²) in [7, 11) is -3.10. The van der Waals surface area contributed by atoms with Gasteiger partial charge in [-0.15, -0.1) is 0 Å². The fraction of sp³-hybridized carbons (Fsp3) is 1.00. The maximum atomic E-state index is 11.6. The van der Waals surface area contributed by atoms with Crippen LogP contribution in [0.2, 0.25) is 0 Å². The average molecular weight is 292 g/mol. The van der Waals surface area contributed by atoms with Gasteiger partial charge in [-0.05, 0) is 32.1 Å². The van der Waals surface area contributed by atoms with Gasteiger partial charge in [0.25, 0.3) is 0 Å². The first-order valence-corrected chi connectivity index (χ1v) is 8.86. The molecule has 0 saturated carbocycles. The van der Waals surface area contributed by atoms with Crippen LogP contribution in [0.5, 0.6) is 0 Å². The summed E-state index contributed by atoms with van der Waals surface area (Å²) in [5.41, 5.74) is -0.782. The highest BCUT2D eigenvalue weighted by molar-refractivity contribution is 7.88. The Hall–Kier alpha value is -0.170. The molecule has 1 fully saturated rings. The molecular formula is C13H28N2O3S. The third-order valence-electron chi connectivity index (χ3n) is 3.57. The summed E-state index contributed by atoms with van der Waals surface area (Å²) in [6.07, 6.45) is 3.77. The molecule has 0 aliphatic carbocycles. The zero-order chi connectivity index (χ0) is 14.7. The number of nitrogens with zero attached hydrogens (tertiary/aromatic N) is 1. The highest BCUT2D eigenvalue weighted by Gasteiger charge is 2.31. The molecule has 0 aromatic carbocycles. The molecule has 2 unspecified atom stereocenters. The number of hydrogen-bond acceptors (Lipinski definition) is 4. The molecule has 0 amide bonds. The highest BCUT2D eigenvalue weighted by atomic mass is 32.2. The van der Waals surface area contributed by atoms with Gasteiger partial charge >= 0.3 is 0 Å². The molecule has 0 spiro atoms. The Labute approximate surface area is 117 Å². The van der Waals surface area contributed by atoms with Crippen molar-refractivity contribution in [2.75, 3.05) is 25.9 Å². The minimum absolute atomic E-state index is 0.243. The monoisotopic (exact) mass is 292 g/mol. The van der Waals surface area contributed by atoms with Crippen LogP contribution in [-0.2, 0) is 10.0 Å². The van der Waals surface area contributed by atoms with Gasteiger partial charge in [0.2, 0.25) is 10.0 Å². The van der Waals surface area contributed by atoms with Crippen LogP contribution in [0.1, 0.15) is 40.0 Å². The van der Waals surface area contributed by atoms with E-state index in [-0.39, 0.29) is 5.92 Å². The van der Waals surface area contributed by atoms with Crippen LogP contribution < -0.4 is 5.32 Å². The van der Waals surface area contributed by atoms with Gasteiger partial charge < -0.3 is 10.4 Å². The summed E-state index contributed by atoms with van der Waals surface area (Å²) in [5, 5.41) is 13.6. The van der Waals surface area contributed by atoms with Crippen molar-refractivity contribution < 1.29 is 13.5 Å². The first-order chi connectivity index (χ1) is 8.60. The van der Waals surface area contributed by atoms with Crippen molar-refractivity contribution in [1.82, 2.24) is 9.62 Å². The van der Waals surface area contributed by atoms with E-state index in [4.69, 9.17) is 0 Å². The Morgan fingerprint density at radius 2 is 2.11 bits per heavy atom. The second-order valence-corrected chi connectivity index (χ2v) is 8.35. The predicted octanol–water partition coefficient (Wildman–Crippen LogP) is 0.797. The number of sulfonamides is 1. The maximum absolute atomic E-state index is 11.6. The van der Waals surface area contributed by atoms with Crippen LogP contribution in [0.25, 0.3) is 0 Å². The van der Waals surface area contributed by atoms with E-state index in [0.29, 0.717) is 32.1 Å². The number of piperidine rings is 1. The molecule has 1 aliphatic heterocycles. The number of nitrogens with one attached hydrogen (secondary N) is 1. The highest BCUT2D eigenvalue weighted by Crippen LogP contribution is 2.26. The Morgan fingerprint density at radius 1 is 1.47 bits per heavy atom. The third-order valence-corrected chi connectivity index (χ3v) is 4.84. The molecule has 6 heteroatoms. The Balaban J connectivity index is 2.52. The molecule has 2 N–H and O–H groups in total. The van der Waals surface area contributed by atoms with Crippen molar-refractivity contribution >= 4 is 10.0 Å². The second kappa shape index (κ2) is 6.52. The zero-order valence-electron chi connectivity index (χ0n) is 12.5. The number of rotatable bonds is 6. The van der Waals surface area contributed by atoms with Crippen LogP contribution in [-0.4, -0.2) is 55.4 Å². The largest absolute Gasteiger partial charge is 0.389 e. The average Bonchev–Trinajstić information content (AvgIpc) is 2.25. The van der Waals surface area contributed by atoms with Gasteiger partial charge in [-0.1, -0.05) is 13.8 Å². The van der Waals surface area contributed by atoms with E-state index in [9.17, 15) is 13.5 Å². The van der Waals surface area contributed by atoms with Crippen LogP contribution in [0.4, 0.5) is 0 Å². The molecule has 114 valence electrons. The van der Waals surface area contributed by atoms with Crippen molar-refractivity contribution in [2.45, 2.75) is 51.7 Å². The van der Waals surface area contributed by atoms with Crippen LogP contribution in [0.3, 0.4) is 0 Å². The lowest BCUT2D eigenvalue weighted by molar-refractivity contribution is 0.0237. The lowest BCUT2D eigenvalue weighted by Gasteiger charge is -2.35. The van der Waals surface area contributed by atoms with E-state index < -0.39 is 15.6 Å². The molecule has 1 saturated heterocycles. The minimum atomic E-state index is -3.10. The van der Waals surface area contributed by atoms with Crippen molar-refractivity contribution in [3.05, 3.63) is 0 Å². The predicted molar refractivity (Wildman–Crippen MR) is 77.5 cm³/mol. The van der Waals surface area contributed by atoms with Gasteiger partial charge in [-0.3, -0.25) is 0 Å². The van der Waals surface area contributed by atoms with Crippen molar-refractivity contribution in [3.63, 3.8) is 0 Å². The second-order valence-electron chi connectivity index (χ2n) is 6.37. The summed E-state index contributed by atoms with van der Waals surface area (Å²) < 4.78 is 24.7. The van der Waals surface area contributed by atoms with Crippen LogP contribution in [0, 0.1) is 5.92 Å². The first-order valence-electron chi connectivity index (χ1n) is 7.01. The van der Waals surface area contributed by atoms with Crippen LogP contribution in [0.15, 0.2) is 0 Å². The lowest BCUT2D eigenvalue weighted by atomic mass is 9.87. The molecule has 0 radical (unpaired) electrons. The standard InChI is InChI=1S/C13H28N2O3S/c1-11(2)14-10-13(3,16)8-12-6-5-7-15(9-12)19(4,17)18/h11-12,14,16H,5-10H2,1-4H3. The minimum Gasteiger partial charge on any atom is -0.389 e. The smallest absolute Gasteiger partial charge is 0.211 e. The summed E-state index contributed by atoms with van der Waals surface area (Å²) in [6.45, 7) is 7.60. The summed E-state index contributed by atoms with van der Waals surface area (Å²) in [5.74, 6) is 0.243. The van der Waals surface area contributed by atoms with Crippen LogP contribution >= 0.6 is 0 Å². The Kier molecular flexibility index (Phi) is 5.79. The molecular weight excluding hydrogens is 264 g/mol. The van der Waals surface area contributed by atoms with Gasteiger partial charge in [-0.25, -0.2) is 12.7 Å². The summed E-state index contributed by atoms with van der Waals surface area (Å²) >= 11 is 0. The number of hydrogen-bond donors (Lipinski definition) is 2. The lowest BCUT2D eigenvalue weighted by Crippen LogP contribution is -2.45. The van der Waals surface area contributed by atoms with Crippen molar-refractivity contribution in [1.29, 1.82) is 0 Å². The molecule has 2 atom stereocenters. The molecule has 19 heavy (non-hydrogen) atoms. The molecule has 1 aliphatic rings. The van der Waals surface area contributed by atoms with E-state index >= 15 is 0 Å². The van der Waals surface area contributed by atoms with Crippen molar-refractivity contribution in [3.8, 4) is 0 Å². The Morgan fingerprint density at radius 3 is 2.63 bits per heavy atom. The van der Waals surface area contributed by atoms with E-state index in [1.807, 2.05) is 20.8 Å².